The van der Waals surface area contributed by atoms with Crippen molar-refractivity contribution in [2.24, 2.45) is 0 Å². The van der Waals surface area contributed by atoms with E-state index in [9.17, 15) is 4.79 Å². The van der Waals surface area contributed by atoms with E-state index in [1.165, 1.54) is 13.4 Å². The molecular formula is C13H19BO5. The van der Waals surface area contributed by atoms with Gasteiger partial charge in [0.2, 0.25) is 0 Å². The zero-order chi connectivity index (χ0) is 14.3. The minimum absolute atomic E-state index is 0.379. The molecule has 0 amide bonds. The Balaban J connectivity index is 2.12. The van der Waals surface area contributed by atoms with Crippen LogP contribution in [0.2, 0.25) is 0 Å². The fraction of sp³-hybridized carbons (Fsp3) is 0.615. The lowest BCUT2D eigenvalue weighted by molar-refractivity contribution is 0.00578. The summed E-state index contributed by atoms with van der Waals surface area (Å²) in [4.78, 5) is 11.6. The van der Waals surface area contributed by atoms with Crippen molar-refractivity contribution in [1.29, 1.82) is 0 Å². The second kappa shape index (κ2) is 4.69. The van der Waals surface area contributed by atoms with Crippen LogP contribution >= 0.6 is 0 Å². The molecule has 0 aromatic carbocycles. The van der Waals surface area contributed by atoms with Crippen LogP contribution in [-0.4, -0.2) is 31.4 Å². The number of hydrogen-bond acceptors (Lipinski definition) is 5. The third-order valence-corrected chi connectivity index (χ3v) is 3.80. The predicted octanol–water partition coefficient (Wildman–Crippen LogP) is 2.24. The lowest BCUT2D eigenvalue weighted by Crippen LogP contribution is -2.41. The standard InChI is InChI=1S/C13H19BO5/c1-12(2)13(3,4)19-14(18-12)8-10-9(6-7-17-10)11(15)16-5/h6-7H,8H2,1-5H3. The van der Waals surface area contributed by atoms with E-state index in [1.807, 2.05) is 27.7 Å². The summed E-state index contributed by atoms with van der Waals surface area (Å²) in [6.07, 6.45) is 1.84. The molecule has 104 valence electrons. The summed E-state index contributed by atoms with van der Waals surface area (Å²) in [6, 6.07) is 1.59. The smallest absolute Gasteiger partial charge is 0.465 e. The van der Waals surface area contributed by atoms with Gasteiger partial charge in [-0.15, -0.1) is 0 Å². The van der Waals surface area contributed by atoms with E-state index in [4.69, 9.17) is 18.5 Å². The lowest BCUT2D eigenvalue weighted by atomic mass is 9.82. The molecule has 5 nitrogen and oxygen atoms in total. The van der Waals surface area contributed by atoms with Crippen molar-refractivity contribution in [1.82, 2.24) is 0 Å². The topological polar surface area (TPSA) is 57.9 Å². The zero-order valence-corrected chi connectivity index (χ0v) is 12.0. The van der Waals surface area contributed by atoms with Crippen LogP contribution in [0.3, 0.4) is 0 Å². The van der Waals surface area contributed by atoms with Crippen molar-refractivity contribution in [2.75, 3.05) is 7.11 Å². The van der Waals surface area contributed by atoms with E-state index < -0.39 is 24.3 Å². The molecule has 1 saturated heterocycles. The summed E-state index contributed by atoms with van der Waals surface area (Å²) in [5, 5.41) is 0. The molecule has 2 heterocycles. The molecule has 6 heteroatoms. The average Bonchev–Trinajstić information content (AvgIpc) is 2.81. The van der Waals surface area contributed by atoms with Gasteiger partial charge in [0.05, 0.1) is 24.6 Å². The first-order valence-electron chi connectivity index (χ1n) is 6.27. The molecule has 1 aromatic rings. The number of ether oxygens (including phenoxy) is 1. The van der Waals surface area contributed by atoms with Gasteiger partial charge in [-0.3, -0.25) is 0 Å². The van der Waals surface area contributed by atoms with Crippen molar-refractivity contribution in [3.63, 3.8) is 0 Å². The molecule has 1 aliphatic heterocycles. The van der Waals surface area contributed by atoms with Crippen molar-refractivity contribution >= 4 is 13.1 Å². The van der Waals surface area contributed by atoms with Crippen LogP contribution in [0.25, 0.3) is 0 Å². The van der Waals surface area contributed by atoms with Crippen molar-refractivity contribution in [2.45, 2.75) is 45.2 Å². The SMILES string of the molecule is COC(=O)c1ccoc1CB1OC(C)(C)C(C)(C)O1. The van der Waals surface area contributed by atoms with Crippen LogP contribution in [0.5, 0.6) is 0 Å². The van der Waals surface area contributed by atoms with E-state index in [0.717, 1.165) is 0 Å². The Morgan fingerprint density at radius 1 is 1.26 bits per heavy atom. The van der Waals surface area contributed by atoms with Gasteiger partial charge in [0, 0.05) is 6.32 Å². The maximum absolute atomic E-state index is 11.6. The number of hydrogen-bond donors (Lipinski definition) is 0. The summed E-state index contributed by atoms with van der Waals surface area (Å²) in [6.45, 7) is 7.93. The second-order valence-corrected chi connectivity index (χ2v) is 5.64. The minimum Gasteiger partial charge on any atom is -0.469 e. The molecule has 2 rings (SSSR count). The predicted molar refractivity (Wildman–Crippen MR) is 69.8 cm³/mol. The van der Waals surface area contributed by atoms with Gasteiger partial charge < -0.3 is 18.5 Å². The molecule has 1 fully saturated rings. The van der Waals surface area contributed by atoms with E-state index in [2.05, 4.69) is 0 Å². The normalized spacial score (nSPS) is 20.6. The quantitative estimate of drug-likeness (QED) is 0.620. The first kappa shape index (κ1) is 14.2. The summed E-state index contributed by atoms with van der Waals surface area (Å²) in [5.41, 5.74) is -0.372. The highest BCUT2D eigenvalue weighted by atomic mass is 16.7. The van der Waals surface area contributed by atoms with Crippen LogP contribution in [0.4, 0.5) is 0 Å². The van der Waals surface area contributed by atoms with Gasteiger partial charge >= 0.3 is 13.1 Å². The van der Waals surface area contributed by atoms with Crippen LogP contribution < -0.4 is 0 Å². The Labute approximate surface area is 113 Å². The Morgan fingerprint density at radius 2 is 1.84 bits per heavy atom. The molecule has 0 radical (unpaired) electrons. The number of methoxy groups -OCH3 is 1. The fourth-order valence-electron chi connectivity index (χ4n) is 1.99. The fourth-order valence-corrected chi connectivity index (χ4v) is 1.99. The number of furan rings is 1. The van der Waals surface area contributed by atoms with Gasteiger partial charge in [-0.25, -0.2) is 4.79 Å². The van der Waals surface area contributed by atoms with Crippen LogP contribution in [0.15, 0.2) is 16.7 Å². The van der Waals surface area contributed by atoms with Gasteiger partial charge in [-0.2, -0.15) is 0 Å². The number of carbonyl (C=O) groups excluding carboxylic acids is 1. The van der Waals surface area contributed by atoms with Gasteiger partial charge in [-0.05, 0) is 33.8 Å². The molecule has 0 N–H and O–H groups in total. The summed E-state index contributed by atoms with van der Waals surface area (Å²) < 4.78 is 21.8. The summed E-state index contributed by atoms with van der Waals surface area (Å²) in [5.74, 6) is 0.102. The van der Waals surface area contributed by atoms with E-state index >= 15 is 0 Å². The Bertz CT molecular complexity index is 461. The molecule has 0 saturated carbocycles. The highest BCUT2D eigenvalue weighted by molar-refractivity contribution is 6.45. The van der Waals surface area contributed by atoms with Gasteiger partial charge in [0.25, 0.3) is 0 Å². The van der Waals surface area contributed by atoms with Crippen LogP contribution in [0.1, 0.15) is 43.8 Å². The molecule has 0 aliphatic carbocycles. The lowest BCUT2D eigenvalue weighted by Gasteiger charge is -2.32. The maximum Gasteiger partial charge on any atom is 0.465 e. The Morgan fingerprint density at radius 3 is 2.37 bits per heavy atom. The Hall–Kier alpha value is -1.27. The first-order valence-corrected chi connectivity index (χ1v) is 6.27. The van der Waals surface area contributed by atoms with Crippen molar-refractivity contribution < 1.29 is 23.3 Å². The van der Waals surface area contributed by atoms with Crippen LogP contribution in [0, 0.1) is 0 Å². The highest BCUT2D eigenvalue weighted by Crippen LogP contribution is 2.37. The van der Waals surface area contributed by atoms with E-state index in [0.29, 0.717) is 17.6 Å². The van der Waals surface area contributed by atoms with Crippen LogP contribution in [-0.2, 0) is 20.4 Å². The second-order valence-electron chi connectivity index (χ2n) is 5.64. The number of rotatable bonds is 3. The molecule has 0 unspecified atom stereocenters. The molecule has 0 bridgehead atoms. The average molecular weight is 266 g/mol. The third-order valence-electron chi connectivity index (χ3n) is 3.80. The van der Waals surface area contributed by atoms with Crippen molar-refractivity contribution in [3.8, 4) is 0 Å². The molecule has 1 aliphatic rings. The molecule has 0 atom stereocenters. The largest absolute Gasteiger partial charge is 0.469 e. The number of carbonyl (C=O) groups is 1. The third kappa shape index (κ3) is 2.55. The molecular weight excluding hydrogens is 247 g/mol. The summed E-state index contributed by atoms with van der Waals surface area (Å²) in [7, 11) is 0.910. The molecule has 0 spiro atoms. The van der Waals surface area contributed by atoms with E-state index in [-0.39, 0.29) is 0 Å². The van der Waals surface area contributed by atoms with E-state index in [1.54, 1.807) is 6.07 Å². The highest BCUT2D eigenvalue weighted by Gasteiger charge is 2.51. The molecule has 1 aromatic heterocycles. The number of esters is 1. The van der Waals surface area contributed by atoms with Crippen molar-refractivity contribution in [3.05, 3.63) is 23.7 Å². The minimum atomic E-state index is -0.431. The first-order chi connectivity index (χ1) is 8.77. The van der Waals surface area contributed by atoms with Gasteiger partial charge in [0.1, 0.15) is 11.3 Å². The van der Waals surface area contributed by atoms with Gasteiger partial charge in [0.15, 0.2) is 0 Å². The van der Waals surface area contributed by atoms with Gasteiger partial charge in [-0.1, -0.05) is 0 Å². The zero-order valence-electron chi connectivity index (χ0n) is 12.0. The summed E-state index contributed by atoms with van der Waals surface area (Å²) >= 11 is 0. The monoisotopic (exact) mass is 266 g/mol. The molecule has 19 heavy (non-hydrogen) atoms. The Kier molecular flexibility index (Phi) is 3.49. The maximum atomic E-state index is 11.6.